The van der Waals surface area contributed by atoms with Gasteiger partial charge in [0.2, 0.25) is 6.79 Å². The highest BCUT2D eigenvalue weighted by Gasteiger charge is 2.21. The first kappa shape index (κ1) is 19.3. The summed E-state index contributed by atoms with van der Waals surface area (Å²) in [5.74, 6) is 1.08. The van der Waals surface area contributed by atoms with E-state index >= 15 is 0 Å². The van der Waals surface area contributed by atoms with Crippen LogP contribution in [0.5, 0.6) is 11.5 Å². The molecule has 1 amide bonds. The molecule has 0 radical (unpaired) electrons. The third-order valence-electron chi connectivity index (χ3n) is 4.80. The Bertz CT molecular complexity index is 1090. The molecule has 4 rings (SSSR count). The van der Waals surface area contributed by atoms with Gasteiger partial charge >= 0.3 is 0 Å². The molecule has 7 nitrogen and oxygen atoms in total. The number of hydrogen-bond acceptors (Lipinski definition) is 5. The van der Waals surface area contributed by atoms with Crippen molar-refractivity contribution in [2.45, 2.75) is 20.0 Å². The summed E-state index contributed by atoms with van der Waals surface area (Å²) in [7, 11) is 1.70. The van der Waals surface area contributed by atoms with E-state index in [-0.39, 0.29) is 12.7 Å². The number of hydrogen-bond donors (Lipinski definition) is 1. The van der Waals surface area contributed by atoms with E-state index in [0.717, 1.165) is 0 Å². The number of rotatable bonds is 4. The maximum Gasteiger partial charge on any atom is 0.258 e. The van der Waals surface area contributed by atoms with Gasteiger partial charge in [-0.05, 0) is 44.2 Å². The zero-order chi connectivity index (χ0) is 20.7. The number of ether oxygens (including phenoxy) is 2. The molecule has 0 fully saturated rings. The predicted octanol–water partition coefficient (Wildman–Crippen LogP) is 3.89. The molecule has 1 aliphatic heterocycles. The molecule has 0 saturated carbocycles. The number of aromatic nitrogens is 2. The Balaban J connectivity index is 1.67. The topological polar surface area (TPSA) is 76.8 Å². The van der Waals surface area contributed by atoms with Gasteiger partial charge in [0.05, 0.1) is 28.2 Å². The molecule has 0 saturated heterocycles. The number of anilines is 1. The molecule has 1 atom stereocenters. The van der Waals surface area contributed by atoms with Gasteiger partial charge in [-0.15, -0.1) is 0 Å². The van der Waals surface area contributed by atoms with Crippen LogP contribution in [-0.2, 0) is 0 Å². The first-order valence-electron chi connectivity index (χ1n) is 9.08. The Morgan fingerprint density at radius 1 is 1.24 bits per heavy atom. The zero-order valence-electron chi connectivity index (χ0n) is 16.2. The Morgan fingerprint density at radius 3 is 2.76 bits per heavy atom. The largest absolute Gasteiger partial charge is 0.454 e. The number of benzene rings is 2. The van der Waals surface area contributed by atoms with Crippen molar-refractivity contribution in [1.82, 2.24) is 9.78 Å². The normalized spacial score (nSPS) is 13.4. The zero-order valence-corrected chi connectivity index (χ0v) is 17.0. The average Bonchev–Trinajstić information content (AvgIpc) is 3.30. The number of aliphatic hydroxyl groups is 1. The molecule has 0 bridgehead atoms. The molecule has 1 N–H and O–H groups in total. The van der Waals surface area contributed by atoms with Gasteiger partial charge in [-0.2, -0.15) is 5.10 Å². The molecule has 2 aromatic carbocycles. The fourth-order valence-corrected chi connectivity index (χ4v) is 3.53. The molecule has 1 aromatic heterocycles. The second-order valence-electron chi connectivity index (χ2n) is 6.82. The molecule has 0 spiro atoms. The van der Waals surface area contributed by atoms with E-state index in [0.29, 0.717) is 44.8 Å². The molecular weight excluding hydrogens is 394 g/mol. The number of carbonyl (C=O) groups is 1. The molecule has 29 heavy (non-hydrogen) atoms. The van der Waals surface area contributed by atoms with Crippen molar-refractivity contribution >= 4 is 23.2 Å². The highest BCUT2D eigenvalue weighted by Crippen LogP contribution is 2.35. The van der Waals surface area contributed by atoms with Gasteiger partial charge in [-0.1, -0.05) is 17.7 Å². The number of carbonyl (C=O) groups excluding carboxylic acids is 1. The van der Waals surface area contributed by atoms with Crippen LogP contribution in [0.2, 0.25) is 5.02 Å². The van der Waals surface area contributed by atoms with Crippen LogP contribution in [0, 0.1) is 6.92 Å². The lowest BCUT2D eigenvalue weighted by molar-refractivity contribution is 0.0993. The van der Waals surface area contributed by atoms with E-state index in [1.54, 1.807) is 62.0 Å². The monoisotopic (exact) mass is 413 g/mol. The third-order valence-corrected chi connectivity index (χ3v) is 5.27. The van der Waals surface area contributed by atoms with E-state index in [1.165, 1.54) is 4.90 Å². The van der Waals surface area contributed by atoms with Crippen LogP contribution in [0.3, 0.4) is 0 Å². The number of halogens is 1. The number of aryl methyl sites for hydroxylation is 1. The number of amides is 1. The van der Waals surface area contributed by atoms with E-state index in [1.807, 2.05) is 6.07 Å². The fraction of sp³-hybridized carbons (Fsp3) is 0.238. The van der Waals surface area contributed by atoms with Crippen molar-refractivity contribution in [3.05, 3.63) is 64.4 Å². The van der Waals surface area contributed by atoms with Crippen LogP contribution in [0.25, 0.3) is 5.69 Å². The van der Waals surface area contributed by atoms with E-state index in [9.17, 15) is 9.90 Å². The SMILES string of the molecule is Cc1nn(-c2cccc(C(=O)N(C)c3ccc4c(c3)OCO4)c2)c([C@@H](C)O)c1Cl. The Hall–Kier alpha value is -3.03. The number of aliphatic hydroxyl groups excluding tert-OH is 1. The van der Waals surface area contributed by atoms with Crippen molar-refractivity contribution in [1.29, 1.82) is 0 Å². The first-order valence-corrected chi connectivity index (χ1v) is 9.46. The molecule has 2 heterocycles. The summed E-state index contributed by atoms with van der Waals surface area (Å²) in [5.41, 5.74) is 2.89. The molecule has 150 valence electrons. The summed E-state index contributed by atoms with van der Waals surface area (Å²) < 4.78 is 12.3. The van der Waals surface area contributed by atoms with Crippen molar-refractivity contribution < 1.29 is 19.4 Å². The van der Waals surface area contributed by atoms with Crippen LogP contribution in [0.15, 0.2) is 42.5 Å². The molecule has 0 aliphatic carbocycles. The van der Waals surface area contributed by atoms with Gasteiger partial charge in [0.25, 0.3) is 5.91 Å². The van der Waals surface area contributed by atoms with Crippen molar-refractivity contribution in [2.75, 3.05) is 18.7 Å². The standard InChI is InChI=1S/C21H20ClN3O4/c1-12-19(22)20(13(2)26)25(23-12)16-6-4-5-14(9-16)21(27)24(3)15-7-8-17-18(10-15)29-11-28-17/h4-10,13,26H,11H2,1-3H3/t13-/m1/s1. The third kappa shape index (κ3) is 3.43. The fourth-order valence-electron chi connectivity index (χ4n) is 3.26. The van der Waals surface area contributed by atoms with Crippen LogP contribution in [0.1, 0.15) is 34.8 Å². The van der Waals surface area contributed by atoms with Crippen LogP contribution < -0.4 is 14.4 Å². The maximum absolute atomic E-state index is 13.1. The summed E-state index contributed by atoms with van der Waals surface area (Å²) >= 11 is 6.30. The number of fused-ring (bicyclic) bond motifs is 1. The van der Waals surface area contributed by atoms with Crippen LogP contribution in [0.4, 0.5) is 5.69 Å². The molecule has 1 aliphatic rings. The maximum atomic E-state index is 13.1. The lowest BCUT2D eigenvalue weighted by atomic mass is 10.1. The second kappa shape index (κ2) is 7.42. The minimum absolute atomic E-state index is 0.177. The van der Waals surface area contributed by atoms with Gasteiger partial charge in [0.1, 0.15) is 0 Å². The lowest BCUT2D eigenvalue weighted by Gasteiger charge is -2.18. The minimum Gasteiger partial charge on any atom is -0.454 e. The Labute approximate surface area is 173 Å². The van der Waals surface area contributed by atoms with Crippen LogP contribution in [-0.4, -0.2) is 34.6 Å². The van der Waals surface area contributed by atoms with E-state index in [2.05, 4.69) is 5.10 Å². The van der Waals surface area contributed by atoms with Gasteiger partial charge in [0, 0.05) is 24.4 Å². The summed E-state index contributed by atoms with van der Waals surface area (Å²) in [5, 5.41) is 14.9. The highest BCUT2D eigenvalue weighted by molar-refractivity contribution is 6.32. The van der Waals surface area contributed by atoms with Gasteiger partial charge < -0.3 is 19.5 Å². The summed E-state index contributed by atoms with van der Waals surface area (Å²) in [6.45, 7) is 3.57. The summed E-state index contributed by atoms with van der Waals surface area (Å²) in [4.78, 5) is 14.6. The molecule has 3 aromatic rings. The Kier molecular flexibility index (Phi) is 4.94. The van der Waals surface area contributed by atoms with Gasteiger partial charge in [0.15, 0.2) is 11.5 Å². The van der Waals surface area contributed by atoms with Crippen molar-refractivity contribution in [3.63, 3.8) is 0 Å². The van der Waals surface area contributed by atoms with Crippen molar-refractivity contribution in [2.24, 2.45) is 0 Å². The second-order valence-corrected chi connectivity index (χ2v) is 7.20. The van der Waals surface area contributed by atoms with Gasteiger partial charge in [-0.25, -0.2) is 4.68 Å². The smallest absolute Gasteiger partial charge is 0.258 e. The quantitative estimate of drug-likeness (QED) is 0.702. The molecule has 0 unspecified atom stereocenters. The first-order chi connectivity index (χ1) is 13.9. The van der Waals surface area contributed by atoms with E-state index < -0.39 is 6.10 Å². The van der Waals surface area contributed by atoms with Crippen molar-refractivity contribution in [3.8, 4) is 17.2 Å². The highest BCUT2D eigenvalue weighted by atomic mass is 35.5. The molecule has 8 heteroatoms. The predicted molar refractivity (Wildman–Crippen MR) is 109 cm³/mol. The van der Waals surface area contributed by atoms with E-state index in [4.69, 9.17) is 21.1 Å². The minimum atomic E-state index is -0.806. The summed E-state index contributed by atoms with van der Waals surface area (Å²) in [6, 6.07) is 12.4. The van der Waals surface area contributed by atoms with Crippen LogP contribution >= 0.6 is 11.6 Å². The lowest BCUT2D eigenvalue weighted by Crippen LogP contribution is -2.26. The summed E-state index contributed by atoms with van der Waals surface area (Å²) in [6.07, 6.45) is -0.806. The Morgan fingerprint density at radius 2 is 2.00 bits per heavy atom. The average molecular weight is 414 g/mol. The molecular formula is C21H20ClN3O4. The van der Waals surface area contributed by atoms with Gasteiger partial charge in [-0.3, -0.25) is 4.79 Å². The number of nitrogens with zero attached hydrogens (tertiary/aromatic N) is 3.